The lowest BCUT2D eigenvalue weighted by Gasteiger charge is -2.05. The number of allylic oxidation sites excluding steroid dienone is 2. The number of nitrogens with two attached hydrogens (primary N) is 2. The number of nitrogens with zero attached hydrogens (tertiary/aromatic N) is 2. The molecule has 0 saturated heterocycles. The molecule has 1 saturated carbocycles. The van der Waals surface area contributed by atoms with Gasteiger partial charge in [0.05, 0.1) is 12.8 Å². The van der Waals surface area contributed by atoms with Crippen molar-refractivity contribution in [1.29, 1.82) is 0 Å². The van der Waals surface area contributed by atoms with Crippen LogP contribution >= 0.6 is 0 Å². The summed E-state index contributed by atoms with van der Waals surface area (Å²) in [4.78, 5) is 23.1. The molecule has 8 heteroatoms. The van der Waals surface area contributed by atoms with Gasteiger partial charge in [0.2, 0.25) is 11.8 Å². The highest BCUT2D eigenvalue weighted by Crippen LogP contribution is 2.15. The van der Waals surface area contributed by atoms with E-state index in [9.17, 15) is 9.59 Å². The van der Waals surface area contributed by atoms with Crippen molar-refractivity contribution in [3.63, 3.8) is 0 Å². The van der Waals surface area contributed by atoms with Crippen molar-refractivity contribution in [3.05, 3.63) is 114 Å². The van der Waals surface area contributed by atoms with E-state index in [1.165, 1.54) is 50.8 Å². The topological polar surface area (TPSA) is 136 Å². The number of anilines is 1. The van der Waals surface area contributed by atoms with Crippen LogP contribution < -0.4 is 22.1 Å². The van der Waals surface area contributed by atoms with Gasteiger partial charge in [-0.15, -0.1) is 5.10 Å². The number of rotatable bonds is 7. The summed E-state index contributed by atoms with van der Waals surface area (Å²) in [6.07, 6.45) is 15.6. The molecular formula is C30H38N6O2. The summed E-state index contributed by atoms with van der Waals surface area (Å²) < 4.78 is 0. The minimum absolute atomic E-state index is 0.0910. The third-order valence-electron chi connectivity index (χ3n) is 5.43. The van der Waals surface area contributed by atoms with Gasteiger partial charge in [0.25, 0.3) is 0 Å². The Bertz CT molecular complexity index is 1060. The summed E-state index contributed by atoms with van der Waals surface area (Å²) in [5.74, 6) is 0.517. The quantitative estimate of drug-likeness (QED) is 0.340. The molecule has 3 aromatic rings. The van der Waals surface area contributed by atoms with Crippen LogP contribution in [0.3, 0.4) is 0 Å². The minimum Gasteiger partial charge on any atom is -0.405 e. The highest BCUT2D eigenvalue weighted by atomic mass is 16.2. The van der Waals surface area contributed by atoms with Crippen LogP contribution in [0.1, 0.15) is 49.7 Å². The van der Waals surface area contributed by atoms with Gasteiger partial charge in [-0.1, -0.05) is 99.2 Å². The van der Waals surface area contributed by atoms with Crippen molar-refractivity contribution < 1.29 is 9.59 Å². The van der Waals surface area contributed by atoms with Gasteiger partial charge in [0, 0.05) is 6.20 Å². The van der Waals surface area contributed by atoms with Crippen LogP contribution in [0.4, 0.5) is 5.82 Å². The summed E-state index contributed by atoms with van der Waals surface area (Å²) in [6, 6.07) is 22.5. The predicted molar refractivity (Wildman–Crippen MR) is 152 cm³/mol. The molecule has 8 nitrogen and oxygen atoms in total. The van der Waals surface area contributed by atoms with Gasteiger partial charge in [0.15, 0.2) is 5.82 Å². The minimum atomic E-state index is -0.148. The first kappa shape index (κ1) is 29.8. The number of hydrogen-bond acceptors (Lipinski definition) is 6. The number of aromatic nitrogens is 2. The number of nitrogens with one attached hydrogen (secondary N) is 2. The average Bonchev–Trinajstić information content (AvgIpc) is 2.95. The molecule has 4 rings (SSSR count). The van der Waals surface area contributed by atoms with E-state index in [0.29, 0.717) is 18.7 Å². The van der Waals surface area contributed by atoms with Gasteiger partial charge in [0.1, 0.15) is 5.82 Å². The van der Waals surface area contributed by atoms with Crippen LogP contribution in [0.5, 0.6) is 0 Å². The second-order valence-electron chi connectivity index (χ2n) is 8.66. The van der Waals surface area contributed by atoms with Crippen LogP contribution in [0.2, 0.25) is 0 Å². The zero-order valence-electron chi connectivity index (χ0n) is 21.8. The lowest BCUT2D eigenvalue weighted by atomic mass is 10.0. The maximum absolute atomic E-state index is 11.6. The monoisotopic (exact) mass is 514 g/mol. The Labute approximate surface area is 225 Å². The predicted octanol–water partition coefficient (Wildman–Crippen LogP) is 4.62. The molecule has 0 aliphatic heterocycles. The van der Waals surface area contributed by atoms with Gasteiger partial charge in [-0.3, -0.25) is 9.59 Å². The van der Waals surface area contributed by atoms with Crippen LogP contribution in [0, 0.1) is 0 Å². The van der Waals surface area contributed by atoms with Crippen molar-refractivity contribution in [3.8, 4) is 0 Å². The van der Waals surface area contributed by atoms with Crippen molar-refractivity contribution in [2.45, 2.75) is 51.4 Å². The number of carbonyl (C=O) groups excluding carboxylic acids is 2. The van der Waals surface area contributed by atoms with Crippen molar-refractivity contribution in [1.82, 2.24) is 15.5 Å². The number of hydrogen-bond donors (Lipinski definition) is 4. The number of benzene rings is 2. The Hall–Kier alpha value is -4.46. The molecule has 0 spiro atoms. The smallest absolute Gasteiger partial charge is 0.229 e. The van der Waals surface area contributed by atoms with E-state index in [1.54, 1.807) is 24.4 Å². The van der Waals surface area contributed by atoms with Gasteiger partial charge in [-0.2, -0.15) is 5.10 Å². The maximum Gasteiger partial charge on any atom is 0.229 e. The normalized spacial score (nSPS) is 12.8. The Morgan fingerprint density at radius 3 is 1.76 bits per heavy atom. The molecule has 1 aromatic heterocycles. The fraction of sp³-hybridized carbons (Fsp3) is 0.267. The number of amides is 2. The summed E-state index contributed by atoms with van der Waals surface area (Å²) in [6.45, 7) is 0. The molecule has 2 amide bonds. The molecule has 200 valence electrons. The van der Waals surface area contributed by atoms with E-state index in [4.69, 9.17) is 11.5 Å². The lowest BCUT2D eigenvalue weighted by molar-refractivity contribution is -0.119. The van der Waals surface area contributed by atoms with Crippen LogP contribution in [0.25, 0.3) is 0 Å². The zero-order chi connectivity index (χ0) is 27.3. The van der Waals surface area contributed by atoms with E-state index in [-0.39, 0.29) is 17.6 Å². The SMILES string of the molecule is C1CCCCC1.N/C=C\C=C(/N)NC(=O)Cc1ccccc1.O=C(Cc1ccccc1)Nc1cccnn1. The molecule has 1 aliphatic rings. The first-order valence-electron chi connectivity index (χ1n) is 12.9. The molecule has 1 fully saturated rings. The summed E-state index contributed by atoms with van der Waals surface area (Å²) in [5.41, 5.74) is 12.6. The van der Waals surface area contributed by atoms with Gasteiger partial charge in [-0.05, 0) is 41.6 Å². The van der Waals surface area contributed by atoms with Crippen molar-refractivity contribution in [2.75, 3.05) is 5.32 Å². The molecule has 0 unspecified atom stereocenters. The Morgan fingerprint density at radius 1 is 0.763 bits per heavy atom. The van der Waals surface area contributed by atoms with E-state index < -0.39 is 0 Å². The van der Waals surface area contributed by atoms with E-state index in [1.807, 2.05) is 60.7 Å². The Kier molecular flexibility index (Phi) is 14.7. The van der Waals surface area contributed by atoms with Crippen molar-refractivity contribution >= 4 is 17.6 Å². The zero-order valence-corrected chi connectivity index (χ0v) is 21.8. The molecule has 2 aromatic carbocycles. The lowest BCUT2D eigenvalue weighted by Crippen LogP contribution is -2.28. The Balaban J connectivity index is 0.000000219. The van der Waals surface area contributed by atoms with Gasteiger partial charge >= 0.3 is 0 Å². The maximum atomic E-state index is 11.6. The standard InChI is InChI=1S/C12H11N3O.C12H15N3O.C6H12/c16-12(9-10-5-2-1-3-6-10)14-11-7-4-8-13-15-11;13-8-4-7-11(14)15-12(16)9-10-5-2-1-3-6-10;1-2-4-6-5-3-1/h1-8H,9H2,(H,14,15,16);1-8H,9,13-14H2,(H,15,16);1-6H2/b;8-4-,11-7+;. The van der Waals surface area contributed by atoms with E-state index in [2.05, 4.69) is 20.8 Å². The Morgan fingerprint density at radius 2 is 1.29 bits per heavy atom. The van der Waals surface area contributed by atoms with Crippen LogP contribution in [-0.2, 0) is 22.4 Å². The molecule has 0 radical (unpaired) electrons. The third kappa shape index (κ3) is 14.2. The first-order chi connectivity index (χ1) is 18.6. The average molecular weight is 515 g/mol. The number of carbonyl (C=O) groups is 2. The molecule has 1 aliphatic carbocycles. The second kappa shape index (κ2) is 18.8. The first-order valence-corrected chi connectivity index (χ1v) is 12.9. The summed E-state index contributed by atoms with van der Waals surface area (Å²) in [7, 11) is 0. The summed E-state index contributed by atoms with van der Waals surface area (Å²) >= 11 is 0. The largest absolute Gasteiger partial charge is 0.405 e. The van der Waals surface area contributed by atoms with Crippen molar-refractivity contribution in [2.24, 2.45) is 11.5 Å². The van der Waals surface area contributed by atoms with E-state index >= 15 is 0 Å². The van der Waals surface area contributed by atoms with Crippen LogP contribution in [0.15, 0.2) is 103 Å². The van der Waals surface area contributed by atoms with Gasteiger partial charge in [-0.25, -0.2) is 0 Å². The fourth-order valence-electron chi connectivity index (χ4n) is 3.58. The summed E-state index contributed by atoms with van der Waals surface area (Å²) in [5, 5.41) is 12.7. The molecule has 1 heterocycles. The highest BCUT2D eigenvalue weighted by molar-refractivity contribution is 5.91. The second-order valence-corrected chi connectivity index (χ2v) is 8.66. The van der Waals surface area contributed by atoms with E-state index in [0.717, 1.165) is 11.1 Å². The van der Waals surface area contributed by atoms with Gasteiger partial charge < -0.3 is 22.1 Å². The third-order valence-corrected chi connectivity index (χ3v) is 5.43. The molecule has 0 bridgehead atoms. The molecule has 0 atom stereocenters. The molecular weight excluding hydrogens is 476 g/mol. The van der Waals surface area contributed by atoms with Crippen LogP contribution in [-0.4, -0.2) is 22.0 Å². The molecule has 38 heavy (non-hydrogen) atoms. The molecule has 6 N–H and O–H groups in total. The highest BCUT2D eigenvalue weighted by Gasteiger charge is 2.04. The fourth-order valence-corrected chi connectivity index (χ4v) is 3.58.